The summed E-state index contributed by atoms with van der Waals surface area (Å²) in [7, 11) is 1.74. The lowest BCUT2D eigenvalue weighted by Crippen LogP contribution is -2.18. The highest BCUT2D eigenvalue weighted by molar-refractivity contribution is 14.1. The Labute approximate surface area is 188 Å². The number of alkyl halides is 2. The number of fused-ring (bicyclic) bond motifs is 1. The van der Waals surface area contributed by atoms with E-state index in [4.69, 9.17) is 0 Å². The molecular weight excluding hydrogens is 517 g/mol. The fourth-order valence-corrected chi connectivity index (χ4v) is 3.50. The molecule has 1 aromatic carbocycles. The van der Waals surface area contributed by atoms with Gasteiger partial charge in [-0.3, -0.25) is 4.68 Å². The average Bonchev–Trinajstić information content (AvgIpc) is 3.42. The second-order valence-electron chi connectivity index (χ2n) is 6.83. The van der Waals surface area contributed by atoms with Crippen LogP contribution in [0.2, 0.25) is 0 Å². The molecule has 0 atom stereocenters. The molecule has 31 heavy (non-hydrogen) atoms. The van der Waals surface area contributed by atoms with Gasteiger partial charge in [0.25, 0.3) is 0 Å². The van der Waals surface area contributed by atoms with Crippen molar-refractivity contribution in [2.75, 3.05) is 0 Å². The van der Waals surface area contributed by atoms with Gasteiger partial charge >= 0.3 is 5.92 Å². The summed E-state index contributed by atoms with van der Waals surface area (Å²) in [5.74, 6) is -3.00. The van der Waals surface area contributed by atoms with E-state index in [1.54, 1.807) is 48.6 Å². The molecule has 154 valence electrons. The summed E-state index contributed by atoms with van der Waals surface area (Å²) in [6.07, 6.45) is 7.84. The molecule has 0 N–H and O–H groups in total. The Bertz CT molecular complexity index is 1390. The quantitative estimate of drug-likeness (QED) is 0.330. The van der Waals surface area contributed by atoms with Gasteiger partial charge in [-0.05, 0) is 34.7 Å². The number of rotatable bonds is 4. The minimum Gasteiger partial charge on any atom is -0.275 e. The molecule has 0 radical (unpaired) electrons. The van der Waals surface area contributed by atoms with Gasteiger partial charge in [-0.2, -0.15) is 23.5 Å². The topological polar surface area (TPSA) is 86.7 Å². The Morgan fingerprint density at radius 3 is 2.58 bits per heavy atom. The van der Waals surface area contributed by atoms with E-state index in [0.717, 1.165) is 3.57 Å². The zero-order chi connectivity index (χ0) is 21.6. The van der Waals surface area contributed by atoms with Crippen LogP contribution < -0.4 is 0 Å². The molecule has 5 rings (SSSR count). The predicted molar refractivity (Wildman–Crippen MR) is 116 cm³/mol. The van der Waals surface area contributed by atoms with Crippen molar-refractivity contribution < 1.29 is 8.78 Å². The number of hydrogen-bond donors (Lipinski definition) is 0. The Hall–Kier alpha value is -3.35. The van der Waals surface area contributed by atoms with E-state index in [1.807, 2.05) is 0 Å². The lowest BCUT2D eigenvalue weighted by atomic mass is 9.98. The molecule has 5 aromatic rings. The monoisotopic (exact) mass is 530 g/mol. The first-order chi connectivity index (χ1) is 14.9. The smallest absolute Gasteiger partial charge is 0.275 e. The third-order valence-electron chi connectivity index (χ3n) is 4.71. The van der Waals surface area contributed by atoms with E-state index in [-0.39, 0.29) is 16.8 Å². The molecule has 0 spiro atoms. The third-order valence-corrected chi connectivity index (χ3v) is 5.27. The number of aromatic nitrogens is 8. The highest BCUT2D eigenvalue weighted by Crippen LogP contribution is 2.39. The molecule has 0 bridgehead atoms. The minimum atomic E-state index is -3.37. The van der Waals surface area contributed by atoms with E-state index in [9.17, 15) is 0 Å². The zero-order valence-corrected chi connectivity index (χ0v) is 18.1. The van der Waals surface area contributed by atoms with Crippen molar-refractivity contribution in [1.82, 2.24) is 39.6 Å². The van der Waals surface area contributed by atoms with Crippen molar-refractivity contribution in [2.24, 2.45) is 7.05 Å². The van der Waals surface area contributed by atoms with Crippen LogP contribution in [0.25, 0.3) is 28.3 Å². The summed E-state index contributed by atoms with van der Waals surface area (Å²) < 4.78 is 35.3. The summed E-state index contributed by atoms with van der Waals surface area (Å²) in [5.41, 5.74) is 0.907. The van der Waals surface area contributed by atoms with E-state index in [0.29, 0.717) is 22.6 Å². The molecule has 4 aromatic heterocycles. The van der Waals surface area contributed by atoms with Gasteiger partial charge < -0.3 is 0 Å². The maximum Gasteiger partial charge on any atom is 0.302 e. The van der Waals surface area contributed by atoms with E-state index in [2.05, 4.69) is 53.0 Å². The predicted octanol–water partition coefficient (Wildman–Crippen LogP) is 3.73. The molecule has 8 nitrogen and oxygen atoms in total. The highest BCUT2D eigenvalue weighted by Gasteiger charge is 2.38. The molecule has 11 heteroatoms. The van der Waals surface area contributed by atoms with E-state index < -0.39 is 5.92 Å². The van der Waals surface area contributed by atoms with Crippen molar-refractivity contribution in [3.05, 3.63) is 76.1 Å². The molecule has 0 aliphatic heterocycles. The van der Waals surface area contributed by atoms with Crippen LogP contribution in [-0.2, 0) is 13.0 Å². The number of benzene rings is 1. The Morgan fingerprint density at radius 2 is 1.84 bits per heavy atom. The molecule has 0 unspecified atom stereocenters. The van der Waals surface area contributed by atoms with Crippen LogP contribution in [0.3, 0.4) is 0 Å². The van der Waals surface area contributed by atoms with Crippen molar-refractivity contribution in [1.29, 1.82) is 0 Å². The van der Waals surface area contributed by atoms with Crippen LogP contribution in [0.1, 0.15) is 11.1 Å². The van der Waals surface area contributed by atoms with Gasteiger partial charge in [0.05, 0.1) is 17.5 Å². The van der Waals surface area contributed by atoms with Crippen LogP contribution in [0.5, 0.6) is 0 Å². The number of hydrogen-bond acceptors (Lipinski definition) is 6. The molecule has 0 aliphatic carbocycles. The Morgan fingerprint density at radius 1 is 1.03 bits per heavy atom. The molecule has 0 saturated carbocycles. The molecule has 0 fully saturated rings. The molecule has 4 heterocycles. The van der Waals surface area contributed by atoms with Gasteiger partial charge in [0, 0.05) is 45.9 Å². The van der Waals surface area contributed by atoms with Crippen LogP contribution in [-0.4, -0.2) is 39.6 Å². The van der Waals surface area contributed by atoms with Crippen LogP contribution in [0, 0.1) is 3.57 Å². The first-order valence-corrected chi connectivity index (χ1v) is 10.2. The Balaban J connectivity index is 1.65. The lowest BCUT2D eigenvalue weighted by molar-refractivity contribution is 0.0438. The van der Waals surface area contributed by atoms with Crippen molar-refractivity contribution in [2.45, 2.75) is 5.92 Å². The third kappa shape index (κ3) is 3.54. The first-order valence-electron chi connectivity index (χ1n) is 9.08. The molecular formula is C20H13F2IN8. The Kier molecular flexibility index (Phi) is 4.68. The maximum atomic E-state index is 15.8. The highest BCUT2D eigenvalue weighted by atomic mass is 127. The summed E-state index contributed by atoms with van der Waals surface area (Å²) in [6, 6.07) is 7.34. The van der Waals surface area contributed by atoms with Gasteiger partial charge in [-0.15, -0.1) is 10.2 Å². The fraction of sp³-hybridized carbons (Fsp3) is 0.100. The van der Waals surface area contributed by atoms with E-state index in [1.165, 1.54) is 29.0 Å². The van der Waals surface area contributed by atoms with Crippen LogP contribution in [0.15, 0.2) is 61.4 Å². The minimum absolute atomic E-state index is 0.0199. The SMILES string of the molecule is Cn1cc(-c2cc(C(F)(F)c3cccc(-c4ncc(I)cn4)c3)c3nncn3n2)cn1. The molecule has 0 amide bonds. The number of nitrogens with zero attached hydrogens (tertiary/aromatic N) is 8. The second kappa shape index (κ2) is 7.41. The maximum absolute atomic E-state index is 15.8. The summed E-state index contributed by atoms with van der Waals surface area (Å²) in [5, 5.41) is 16.1. The van der Waals surface area contributed by atoms with Gasteiger partial charge in [-0.25, -0.2) is 9.97 Å². The standard InChI is InChI=1S/C20H13F2IN8/c1-30-10-13(7-27-30)17-6-16(19-28-26-11-31(19)29-17)20(21,22)14-4-2-3-12(5-14)18-24-8-15(23)9-25-18/h2-11H,1H3. The van der Waals surface area contributed by atoms with Crippen LogP contribution in [0.4, 0.5) is 8.78 Å². The largest absolute Gasteiger partial charge is 0.302 e. The van der Waals surface area contributed by atoms with Crippen LogP contribution >= 0.6 is 22.6 Å². The number of halogens is 3. The van der Waals surface area contributed by atoms with Gasteiger partial charge in [0.1, 0.15) is 6.33 Å². The molecule has 0 saturated heterocycles. The first kappa shape index (κ1) is 19.6. The van der Waals surface area contributed by atoms with E-state index >= 15 is 8.78 Å². The fourth-order valence-electron chi connectivity index (χ4n) is 3.22. The van der Waals surface area contributed by atoms with Gasteiger partial charge in [0.2, 0.25) is 0 Å². The summed E-state index contributed by atoms with van der Waals surface area (Å²) in [4.78, 5) is 8.47. The normalized spacial score (nSPS) is 11.9. The second-order valence-corrected chi connectivity index (χ2v) is 8.07. The van der Waals surface area contributed by atoms with Gasteiger partial charge in [0.15, 0.2) is 11.5 Å². The average molecular weight is 530 g/mol. The van der Waals surface area contributed by atoms with Crippen molar-refractivity contribution in [3.63, 3.8) is 0 Å². The number of aryl methyl sites for hydroxylation is 1. The summed E-state index contributed by atoms with van der Waals surface area (Å²) in [6.45, 7) is 0. The van der Waals surface area contributed by atoms with Crippen molar-refractivity contribution in [3.8, 4) is 22.6 Å². The van der Waals surface area contributed by atoms with Gasteiger partial charge in [-0.1, -0.05) is 18.2 Å². The molecule has 0 aliphatic rings. The zero-order valence-electron chi connectivity index (χ0n) is 16.0. The van der Waals surface area contributed by atoms with Crippen molar-refractivity contribution >= 4 is 28.2 Å². The summed E-state index contributed by atoms with van der Waals surface area (Å²) >= 11 is 2.09. The lowest BCUT2D eigenvalue weighted by Gasteiger charge is -2.19.